The minimum atomic E-state index is -0.877. The lowest BCUT2D eigenvalue weighted by Crippen LogP contribution is -2.34. The van der Waals surface area contributed by atoms with Crippen LogP contribution in [0.15, 0.2) is 6.07 Å². The highest BCUT2D eigenvalue weighted by Gasteiger charge is 2.21. The van der Waals surface area contributed by atoms with Crippen molar-refractivity contribution in [2.45, 2.75) is 6.42 Å². The number of hydrogen-bond donors (Lipinski definition) is 3. The molecule has 0 aromatic carbocycles. The van der Waals surface area contributed by atoms with Gasteiger partial charge < -0.3 is 15.6 Å². The number of nitrogens with zero attached hydrogens (tertiary/aromatic N) is 2. The fourth-order valence-corrected chi connectivity index (χ4v) is 1.77. The van der Waals surface area contributed by atoms with Gasteiger partial charge in [-0.1, -0.05) is 0 Å². The Morgan fingerprint density at radius 3 is 2.94 bits per heavy atom. The molecule has 1 aromatic heterocycles. The summed E-state index contributed by atoms with van der Waals surface area (Å²) in [6.07, 6.45) is 0.662. The zero-order valence-electron chi connectivity index (χ0n) is 9.54. The van der Waals surface area contributed by atoms with Crippen LogP contribution in [0.5, 0.6) is 0 Å². The fraction of sp³-hybridized carbons (Fsp3) is 0.400. The molecule has 2 heterocycles. The summed E-state index contributed by atoms with van der Waals surface area (Å²) in [6, 6.07) is 0.695. The number of hydrogen-bond acceptors (Lipinski definition) is 5. The molecule has 8 heteroatoms. The van der Waals surface area contributed by atoms with Crippen molar-refractivity contribution in [2.75, 3.05) is 30.0 Å². The van der Waals surface area contributed by atoms with E-state index in [1.165, 1.54) is 4.90 Å². The average Bonchev–Trinajstić information content (AvgIpc) is 2.54. The van der Waals surface area contributed by atoms with E-state index in [9.17, 15) is 13.6 Å². The number of hydrazine groups is 1. The Kier molecular flexibility index (Phi) is 3.56. The van der Waals surface area contributed by atoms with Gasteiger partial charge in [-0.3, -0.25) is 4.79 Å². The second-order valence-electron chi connectivity index (χ2n) is 3.89. The SMILES string of the molecule is NNc1nc(N2CCCNC(=O)C2)c(F)cc1F. The number of amides is 1. The summed E-state index contributed by atoms with van der Waals surface area (Å²) < 4.78 is 26.9. The standard InChI is InChI=1S/C10H13F2N5O/c11-6-4-7(12)10(15-9(6)16-13)17-3-1-2-14-8(18)5-17/h4H,1-3,5,13H2,(H,14,18)(H,15,16). The third-order valence-corrected chi connectivity index (χ3v) is 2.61. The molecule has 98 valence electrons. The van der Waals surface area contributed by atoms with Crippen molar-refractivity contribution >= 4 is 17.5 Å². The molecule has 1 aliphatic rings. The third-order valence-electron chi connectivity index (χ3n) is 2.61. The van der Waals surface area contributed by atoms with Crippen LogP contribution in [0.3, 0.4) is 0 Å². The van der Waals surface area contributed by atoms with Crippen molar-refractivity contribution in [1.29, 1.82) is 0 Å². The Bertz CT molecular complexity index is 468. The third kappa shape index (κ3) is 2.48. The molecule has 0 spiro atoms. The molecule has 0 bridgehead atoms. The van der Waals surface area contributed by atoms with Gasteiger partial charge in [-0.05, 0) is 6.42 Å². The Morgan fingerprint density at radius 2 is 2.22 bits per heavy atom. The van der Waals surface area contributed by atoms with Crippen molar-refractivity contribution in [1.82, 2.24) is 10.3 Å². The quantitative estimate of drug-likeness (QED) is 0.512. The normalized spacial score (nSPS) is 16.2. The first-order chi connectivity index (χ1) is 8.61. The lowest BCUT2D eigenvalue weighted by atomic mass is 10.3. The van der Waals surface area contributed by atoms with Crippen LogP contribution in [0.4, 0.5) is 20.4 Å². The fourth-order valence-electron chi connectivity index (χ4n) is 1.77. The second-order valence-corrected chi connectivity index (χ2v) is 3.89. The lowest BCUT2D eigenvalue weighted by molar-refractivity contribution is -0.119. The van der Waals surface area contributed by atoms with Gasteiger partial charge in [0.2, 0.25) is 5.91 Å². The average molecular weight is 257 g/mol. The van der Waals surface area contributed by atoms with Crippen LogP contribution in [0.25, 0.3) is 0 Å². The molecule has 0 atom stereocenters. The number of aromatic nitrogens is 1. The molecule has 1 amide bonds. The molecule has 1 aromatic rings. The topological polar surface area (TPSA) is 83.3 Å². The van der Waals surface area contributed by atoms with Crippen LogP contribution in [-0.2, 0) is 4.79 Å². The Hall–Kier alpha value is -1.96. The molecule has 0 aliphatic carbocycles. The van der Waals surface area contributed by atoms with Crippen LogP contribution in [0.1, 0.15) is 6.42 Å². The molecule has 6 nitrogen and oxygen atoms in total. The van der Waals surface area contributed by atoms with Crippen LogP contribution in [0.2, 0.25) is 0 Å². The van der Waals surface area contributed by atoms with E-state index in [-0.39, 0.29) is 24.1 Å². The number of halogens is 2. The van der Waals surface area contributed by atoms with Crippen LogP contribution < -0.4 is 21.5 Å². The molecule has 4 N–H and O–H groups in total. The van der Waals surface area contributed by atoms with Gasteiger partial charge in [0, 0.05) is 19.2 Å². The van der Waals surface area contributed by atoms with E-state index in [0.717, 1.165) is 0 Å². The van der Waals surface area contributed by atoms with E-state index in [1.807, 2.05) is 5.43 Å². The maximum absolute atomic E-state index is 13.7. The lowest BCUT2D eigenvalue weighted by Gasteiger charge is -2.21. The van der Waals surface area contributed by atoms with Crippen molar-refractivity contribution in [3.63, 3.8) is 0 Å². The molecule has 1 saturated heterocycles. The van der Waals surface area contributed by atoms with Crippen molar-refractivity contribution in [3.8, 4) is 0 Å². The minimum Gasteiger partial charge on any atom is -0.354 e. The Labute approximate surface area is 102 Å². The van der Waals surface area contributed by atoms with Gasteiger partial charge in [0.05, 0.1) is 6.54 Å². The molecular formula is C10H13F2N5O. The molecule has 0 unspecified atom stereocenters. The van der Waals surface area contributed by atoms with Crippen LogP contribution in [0, 0.1) is 11.6 Å². The molecule has 1 fully saturated rings. The number of nitrogens with two attached hydrogens (primary N) is 1. The predicted molar refractivity (Wildman–Crippen MR) is 61.8 cm³/mol. The van der Waals surface area contributed by atoms with Gasteiger partial charge in [0.15, 0.2) is 23.3 Å². The number of nitrogen functional groups attached to an aromatic ring is 1. The summed E-state index contributed by atoms with van der Waals surface area (Å²) in [7, 11) is 0. The van der Waals surface area contributed by atoms with Crippen LogP contribution >= 0.6 is 0 Å². The van der Waals surface area contributed by atoms with Gasteiger partial charge in [-0.2, -0.15) is 0 Å². The number of anilines is 2. The van der Waals surface area contributed by atoms with Gasteiger partial charge >= 0.3 is 0 Å². The summed E-state index contributed by atoms with van der Waals surface area (Å²) in [5.74, 6) is 2.83. The number of carbonyl (C=O) groups is 1. The number of nitrogens with one attached hydrogen (secondary N) is 2. The summed E-state index contributed by atoms with van der Waals surface area (Å²) >= 11 is 0. The summed E-state index contributed by atoms with van der Waals surface area (Å²) in [4.78, 5) is 16.6. The van der Waals surface area contributed by atoms with E-state index in [1.54, 1.807) is 0 Å². The first kappa shape index (κ1) is 12.5. The van der Waals surface area contributed by atoms with Gasteiger partial charge in [0.1, 0.15) is 0 Å². The maximum atomic E-state index is 13.7. The first-order valence-corrected chi connectivity index (χ1v) is 5.46. The Balaban J connectivity index is 2.33. The van der Waals surface area contributed by atoms with Gasteiger partial charge in [0.25, 0.3) is 0 Å². The highest BCUT2D eigenvalue weighted by atomic mass is 19.1. The van der Waals surface area contributed by atoms with Crippen molar-refractivity contribution in [3.05, 3.63) is 17.7 Å². The van der Waals surface area contributed by atoms with Crippen molar-refractivity contribution in [2.24, 2.45) is 5.84 Å². The van der Waals surface area contributed by atoms with Crippen molar-refractivity contribution < 1.29 is 13.6 Å². The van der Waals surface area contributed by atoms with Gasteiger partial charge in [-0.15, -0.1) is 0 Å². The van der Waals surface area contributed by atoms with E-state index in [2.05, 4.69) is 10.3 Å². The summed E-state index contributed by atoms with van der Waals surface area (Å²) in [6.45, 7) is 0.970. The van der Waals surface area contributed by atoms with Gasteiger partial charge in [-0.25, -0.2) is 19.6 Å². The monoisotopic (exact) mass is 257 g/mol. The predicted octanol–water partition coefficient (Wildman–Crippen LogP) is -0.0283. The van der Waals surface area contributed by atoms with Crippen LogP contribution in [-0.4, -0.2) is 30.5 Å². The molecule has 0 saturated carbocycles. The molecule has 1 aliphatic heterocycles. The molecular weight excluding hydrogens is 244 g/mol. The second kappa shape index (κ2) is 5.13. The largest absolute Gasteiger partial charge is 0.354 e. The number of pyridine rings is 1. The number of carbonyl (C=O) groups excluding carboxylic acids is 1. The highest BCUT2D eigenvalue weighted by Crippen LogP contribution is 2.22. The maximum Gasteiger partial charge on any atom is 0.239 e. The minimum absolute atomic E-state index is 0.0143. The highest BCUT2D eigenvalue weighted by molar-refractivity contribution is 5.81. The first-order valence-electron chi connectivity index (χ1n) is 5.46. The Morgan fingerprint density at radius 1 is 1.44 bits per heavy atom. The van der Waals surface area contributed by atoms with E-state index < -0.39 is 11.6 Å². The van der Waals surface area contributed by atoms with E-state index in [4.69, 9.17) is 5.84 Å². The zero-order chi connectivity index (χ0) is 13.1. The molecule has 0 radical (unpaired) electrons. The molecule has 18 heavy (non-hydrogen) atoms. The summed E-state index contributed by atoms with van der Waals surface area (Å²) in [5.41, 5.74) is 2.05. The molecule has 2 rings (SSSR count). The van der Waals surface area contributed by atoms with E-state index >= 15 is 0 Å². The zero-order valence-corrected chi connectivity index (χ0v) is 9.54. The number of rotatable bonds is 2. The van der Waals surface area contributed by atoms with E-state index in [0.29, 0.717) is 25.6 Å². The smallest absolute Gasteiger partial charge is 0.239 e. The summed E-state index contributed by atoms with van der Waals surface area (Å²) in [5, 5.41) is 2.66.